The summed E-state index contributed by atoms with van der Waals surface area (Å²) in [6.07, 6.45) is -0.239. The Hall–Kier alpha value is -2.85. The van der Waals surface area contributed by atoms with Crippen molar-refractivity contribution in [1.29, 1.82) is 0 Å². The molecular weight excluding hydrogens is 440 g/mol. The number of hydrogen-bond acceptors (Lipinski definition) is 7. The fourth-order valence-corrected chi connectivity index (χ4v) is 5.05. The van der Waals surface area contributed by atoms with Gasteiger partial charge in [0.25, 0.3) is 0 Å². The Morgan fingerprint density at radius 3 is 2.55 bits per heavy atom. The Kier molecular flexibility index (Phi) is 7.01. The molecule has 0 saturated carbocycles. The highest BCUT2D eigenvalue weighted by Gasteiger charge is 2.25. The molecule has 0 saturated heterocycles. The van der Waals surface area contributed by atoms with Crippen LogP contribution in [0.1, 0.15) is 30.6 Å². The number of rotatable bonds is 7. The van der Waals surface area contributed by atoms with Gasteiger partial charge in [-0.1, -0.05) is 0 Å². The molecule has 2 N–H and O–H groups in total. The van der Waals surface area contributed by atoms with Gasteiger partial charge in [-0.2, -0.15) is 0 Å². The van der Waals surface area contributed by atoms with Crippen LogP contribution in [0.3, 0.4) is 0 Å². The third-order valence-electron chi connectivity index (χ3n) is 4.52. The number of carbonyl (C=O) groups is 3. The first-order valence-corrected chi connectivity index (χ1v) is 12.1. The van der Waals surface area contributed by atoms with Gasteiger partial charge in [-0.3, -0.25) is 9.59 Å². The van der Waals surface area contributed by atoms with Crippen molar-refractivity contribution in [3.05, 3.63) is 48.0 Å². The van der Waals surface area contributed by atoms with Gasteiger partial charge in [0.15, 0.2) is 9.84 Å². The van der Waals surface area contributed by atoms with Gasteiger partial charge in [-0.25, -0.2) is 13.2 Å². The van der Waals surface area contributed by atoms with E-state index in [0.29, 0.717) is 16.9 Å². The molecule has 2 aromatic rings. The second kappa shape index (κ2) is 9.52. The summed E-state index contributed by atoms with van der Waals surface area (Å²) >= 11 is 1.36. The maximum Gasteiger partial charge on any atom is 0.338 e. The maximum absolute atomic E-state index is 12.7. The van der Waals surface area contributed by atoms with Crippen LogP contribution in [-0.2, 0) is 24.2 Å². The molecule has 0 spiro atoms. The van der Waals surface area contributed by atoms with Gasteiger partial charge in [0.05, 0.1) is 33.8 Å². The summed E-state index contributed by atoms with van der Waals surface area (Å²) in [7, 11) is -3.72. The van der Waals surface area contributed by atoms with Crippen molar-refractivity contribution >= 4 is 50.8 Å². The minimum absolute atomic E-state index is 0.0493. The molecule has 1 aliphatic heterocycles. The van der Waals surface area contributed by atoms with E-state index in [1.165, 1.54) is 36.0 Å². The number of amides is 2. The smallest absolute Gasteiger partial charge is 0.338 e. The first kappa shape index (κ1) is 22.8. The number of carbonyl (C=O) groups excluding carboxylic acids is 3. The molecule has 2 aromatic carbocycles. The zero-order chi connectivity index (χ0) is 22.6. The molecule has 31 heavy (non-hydrogen) atoms. The van der Waals surface area contributed by atoms with E-state index in [1.807, 2.05) is 0 Å². The number of hydrogen-bond donors (Lipinski definition) is 2. The summed E-state index contributed by atoms with van der Waals surface area (Å²) < 4.78 is 30.2. The monoisotopic (exact) mass is 462 g/mol. The summed E-state index contributed by atoms with van der Waals surface area (Å²) in [6.45, 7) is 3.75. The Morgan fingerprint density at radius 2 is 1.87 bits per heavy atom. The van der Waals surface area contributed by atoms with Crippen molar-refractivity contribution in [2.45, 2.75) is 35.3 Å². The van der Waals surface area contributed by atoms with Gasteiger partial charge >= 0.3 is 5.97 Å². The van der Waals surface area contributed by atoms with Crippen LogP contribution in [-0.4, -0.2) is 43.8 Å². The summed E-state index contributed by atoms with van der Waals surface area (Å²) in [5.74, 6) is -1.49. The lowest BCUT2D eigenvalue weighted by Gasteiger charge is -2.21. The first-order valence-electron chi connectivity index (χ1n) is 9.61. The van der Waals surface area contributed by atoms with E-state index < -0.39 is 21.7 Å². The van der Waals surface area contributed by atoms with Gasteiger partial charge in [0.1, 0.15) is 0 Å². The van der Waals surface area contributed by atoms with Crippen molar-refractivity contribution in [2.75, 3.05) is 23.0 Å². The molecule has 2 amide bonds. The van der Waals surface area contributed by atoms with Crippen molar-refractivity contribution < 1.29 is 27.5 Å². The fraction of sp³-hybridized carbons (Fsp3) is 0.286. The molecule has 1 unspecified atom stereocenters. The van der Waals surface area contributed by atoms with Gasteiger partial charge in [-0.15, -0.1) is 11.8 Å². The number of fused-ring (bicyclic) bond motifs is 1. The normalized spacial score (nSPS) is 15.5. The number of thioether (sulfide) groups is 1. The summed E-state index contributed by atoms with van der Waals surface area (Å²) in [5, 5.41) is 5.07. The Balaban J connectivity index is 1.60. The van der Waals surface area contributed by atoms with Crippen molar-refractivity contribution in [3.63, 3.8) is 0 Å². The highest BCUT2D eigenvalue weighted by molar-refractivity contribution is 8.01. The summed E-state index contributed by atoms with van der Waals surface area (Å²) in [6, 6.07) is 10.7. The summed E-state index contributed by atoms with van der Waals surface area (Å²) in [5.41, 5.74) is 1.26. The third-order valence-corrected chi connectivity index (χ3v) is 7.41. The van der Waals surface area contributed by atoms with Crippen molar-refractivity contribution in [1.82, 2.24) is 0 Å². The number of benzene rings is 2. The molecule has 0 bridgehead atoms. The van der Waals surface area contributed by atoms with E-state index in [1.54, 1.807) is 32.0 Å². The van der Waals surface area contributed by atoms with Gasteiger partial charge < -0.3 is 15.4 Å². The molecule has 0 aromatic heterocycles. The number of ether oxygens (including phenoxy) is 1. The van der Waals surface area contributed by atoms with E-state index in [9.17, 15) is 22.8 Å². The van der Waals surface area contributed by atoms with E-state index in [4.69, 9.17) is 4.74 Å². The predicted molar refractivity (Wildman–Crippen MR) is 118 cm³/mol. The molecule has 1 atom stereocenters. The molecule has 10 heteroatoms. The molecule has 164 valence electrons. The van der Waals surface area contributed by atoms with E-state index in [0.717, 1.165) is 4.90 Å². The number of nitrogens with one attached hydrogen (secondary N) is 2. The van der Waals surface area contributed by atoms with E-state index in [2.05, 4.69) is 10.6 Å². The molecule has 3 rings (SSSR count). The zero-order valence-corrected chi connectivity index (χ0v) is 18.6. The third kappa shape index (κ3) is 5.65. The fourth-order valence-electron chi connectivity index (χ4n) is 2.85. The first-order chi connectivity index (χ1) is 14.7. The standard InChI is InChI=1S/C21H22N2O6S2/c1-3-29-21(26)14-4-6-15(7-5-14)22-19(24)10-11-31(27,28)16-8-9-18-17(12-16)23-20(25)13(2)30-18/h4-9,12-13H,3,10-11H2,1-2H3,(H,22,24)(H,23,25). The van der Waals surface area contributed by atoms with Gasteiger partial charge in [-0.05, 0) is 56.3 Å². The molecule has 1 heterocycles. The van der Waals surface area contributed by atoms with Crippen LogP contribution in [0.2, 0.25) is 0 Å². The van der Waals surface area contributed by atoms with Crippen LogP contribution in [0.4, 0.5) is 11.4 Å². The van der Waals surface area contributed by atoms with Crippen LogP contribution >= 0.6 is 11.8 Å². The average molecular weight is 463 g/mol. The average Bonchev–Trinajstić information content (AvgIpc) is 2.73. The molecule has 0 radical (unpaired) electrons. The number of sulfone groups is 1. The lowest BCUT2D eigenvalue weighted by atomic mass is 10.2. The van der Waals surface area contributed by atoms with Crippen LogP contribution < -0.4 is 10.6 Å². The number of anilines is 2. The molecular formula is C21H22N2O6S2. The van der Waals surface area contributed by atoms with Crippen molar-refractivity contribution in [2.24, 2.45) is 0 Å². The molecule has 0 aliphatic carbocycles. The van der Waals surface area contributed by atoms with Crippen LogP contribution in [0, 0.1) is 0 Å². The Bertz CT molecular complexity index is 1110. The maximum atomic E-state index is 12.7. The van der Waals surface area contributed by atoms with Crippen LogP contribution in [0.5, 0.6) is 0 Å². The predicted octanol–water partition coefficient (Wildman–Crippen LogP) is 3.10. The lowest BCUT2D eigenvalue weighted by Crippen LogP contribution is -2.26. The Labute approximate surface area is 184 Å². The molecule has 8 nitrogen and oxygen atoms in total. The SMILES string of the molecule is CCOC(=O)c1ccc(NC(=O)CCS(=O)(=O)c2ccc3c(c2)NC(=O)C(C)S3)cc1. The van der Waals surface area contributed by atoms with Crippen molar-refractivity contribution in [3.8, 4) is 0 Å². The minimum Gasteiger partial charge on any atom is -0.462 e. The van der Waals surface area contributed by atoms with Gasteiger partial charge in [0, 0.05) is 17.0 Å². The van der Waals surface area contributed by atoms with Gasteiger partial charge in [0.2, 0.25) is 11.8 Å². The van der Waals surface area contributed by atoms with E-state index in [-0.39, 0.29) is 34.8 Å². The highest BCUT2D eigenvalue weighted by atomic mass is 32.2. The number of esters is 1. The van der Waals surface area contributed by atoms with Crippen LogP contribution in [0.25, 0.3) is 0 Å². The van der Waals surface area contributed by atoms with Crippen LogP contribution in [0.15, 0.2) is 52.3 Å². The highest BCUT2D eigenvalue weighted by Crippen LogP contribution is 2.36. The lowest BCUT2D eigenvalue weighted by molar-refractivity contribution is -0.116. The second-order valence-corrected chi connectivity index (χ2v) is 10.3. The molecule has 0 fully saturated rings. The quantitative estimate of drug-likeness (QED) is 0.607. The summed E-state index contributed by atoms with van der Waals surface area (Å²) in [4.78, 5) is 36.5. The Morgan fingerprint density at radius 1 is 1.16 bits per heavy atom. The topological polar surface area (TPSA) is 119 Å². The molecule has 1 aliphatic rings. The minimum atomic E-state index is -3.72. The van der Waals surface area contributed by atoms with E-state index >= 15 is 0 Å². The largest absolute Gasteiger partial charge is 0.462 e. The second-order valence-electron chi connectivity index (χ2n) is 6.82. The zero-order valence-electron chi connectivity index (χ0n) is 17.0.